The number of ether oxygens (including phenoxy) is 1. The third-order valence-corrected chi connectivity index (χ3v) is 5.14. The van der Waals surface area contributed by atoms with Crippen LogP contribution in [0.2, 0.25) is 0 Å². The van der Waals surface area contributed by atoms with Crippen LogP contribution in [0.3, 0.4) is 0 Å². The Kier molecular flexibility index (Phi) is 2.45. The normalized spacial score (nSPS) is 33.5. The maximum absolute atomic E-state index is 12.2. The molecule has 4 heteroatoms. The molecule has 2 nitrogen and oxygen atoms in total. The van der Waals surface area contributed by atoms with Crippen molar-refractivity contribution in [1.82, 2.24) is 0 Å². The van der Waals surface area contributed by atoms with E-state index in [1.165, 1.54) is 11.3 Å². The van der Waals surface area contributed by atoms with E-state index in [-0.39, 0.29) is 17.8 Å². The van der Waals surface area contributed by atoms with Gasteiger partial charge < -0.3 is 4.74 Å². The predicted octanol–water partition coefficient (Wildman–Crippen LogP) is 3.26. The predicted molar refractivity (Wildman–Crippen MR) is 62.4 cm³/mol. The number of thiophene rings is 1. The molecule has 2 saturated heterocycles. The van der Waals surface area contributed by atoms with Gasteiger partial charge in [-0.25, -0.2) is 0 Å². The highest BCUT2D eigenvalue weighted by Gasteiger charge is 2.44. The molecule has 2 aliphatic heterocycles. The van der Waals surface area contributed by atoms with Crippen molar-refractivity contribution in [2.75, 3.05) is 0 Å². The average molecular weight is 287 g/mol. The fraction of sp³-hybridized carbons (Fsp3) is 0.545. The maximum atomic E-state index is 12.2. The first-order chi connectivity index (χ1) is 7.25. The number of ketones is 1. The average Bonchev–Trinajstić information content (AvgIpc) is 2.91. The second-order valence-electron chi connectivity index (χ2n) is 4.18. The van der Waals surface area contributed by atoms with Crippen molar-refractivity contribution in [3.8, 4) is 0 Å². The van der Waals surface area contributed by atoms with E-state index in [0.29, 0.717) is 6.10 Å². The van der Waals surface area contributed by atoms with Crippen molar-refractivity contribution in [3.05, 3.63) is 20.8 Å². The van der Waals surface area contributed by atoms with Gasteiger partial charge in [0.15, 0.2) is 5.78 Å². The highest BCUT2D eigenvalue weighted by atomic mass is 79.9. The molecule has 0 aromatic carbocycles. The highest BCUT2D eigenvalue weighted by Crippen LogP contribution is 2.41. The van der Waals surface area contributed by atoms with Gasteiger partial charge in [-0.3, -0.25) is 4.79 Å². The molecule has 80 valence electrons. The number of halogens is 1. The number of hydrogen-bond acceptors (Lipinski definition) is 3. The summed E-state index contributed by atoms with van der Waals surface area (Å²) in [6, 6.07) is 1.94. The summed E-state index contributed by atoms with van der Waals surface area (Å²) in [4.78, 5) is 13.1. The maximum Gasteiger partial charge on any atom is 0.179 e. The summed E-state index contributed by atoms with van der Waals surface area (Å²) in [7, 11) is 0. The topological polar surface area (TPSA) is 26.3 Å². The van der Waals surface area contributed by atoms with Crippen LogP contribution in [0.5, 0.6) is 0 Å². The molecule has 1 aromatic heterocycles. The number of carbonyl (C=O) groups excluding carboxylic acids is 1. The summed E-state index contributed by atoms with van der Waals surface area (Å²) >= 11 is 4.94. The van der Waals surface area contributed by atoms with Gasteiger partial charge in [-0.15, -0.1) is 11.3 Å². The van der Waals surface area contributed by atoms with E-state index in [2.05, 4.69) is 15.9 Å². The molecule has 3 atom stereocenters. The summed E-state index contributed by atoms with van der Waals surface area (Å²) < 4.78 is 6.64. The molecule has 2 fully saturated rings. The summed E-state index contributed by atoms with van der Waals surface area (Å²) in [6.45, 7) is 0. The Morgan fingerprint density at radius 1 is 1.53 bits per heavy atom. The van der Waals surface area contributed by atoms with Crippen LogP contribution in [-0.4, -0.2) is 18.0 Å². The van der Waals surface area contributed by atoms with Crippen LogP contribution < -0.4 is 0 Å². The molecule has 0 spiro atoms. The Bertz CT molecular complexity index is 401. The van der Waals surface area contributed by atoms with E-state index < -0.39 is 0 Å². The minimum Gasteiger partial charge on any atom is -0.374 e. The molecule has 0 saturated carbocycles. The van der Waals surface area contributed by atoms with Gasteiger partial charge in [0, 0.05) is 4.47 Å². The van der Waals surface area contributed by atoms with Crippen molar-refractivity contribution in [3.63, 3.8) is 0 Å². The smallest absolute Gasteiger partial charge is 0.179 e. The molecule has 3 rings (SSSR count). The summed E-state index contributed by atoms with van der Waals surface area (Å²) in [5, 5.41) is 1.95. The lowest BCUT2D eigenvalue weighted by Crippen LogP contribution is -2.24. The third kappa shape index (κ3) is 1.59. The molecule has 15 heavy (non-hydrogen) atoms. The first-order valence-electron chi connectivity index (χ1n) is 5.18. The van der Waals surface area contributed by atoms with Gasteiger partial charge in [0.25, 0.3) is 0 Å². The lowest BCUT2D eigenvalue weighted by molar-refractivity contribution is 0.0746. The third-order valence-electron chi connectivity index (χ3n) is 3.28. The Morgan fingerprint density at radius 3 is 2.93 bits per heavy atom. The fourth-order valence-corrected chi connectivity index (χ4v) is 4.12. The Hall–Kier alpha value is -0.190. The largest absolute Gasteiger partial charge is 0.374 e. The molecule has 1 aromatic rings. The second-order valence-corrected chi connectivity index (χ2v) is 5.95. The fourth-order valence-electron chi connectivity index (χ4n) is 2.55. The van der Waals surface area contributed by atoms with Gasteiger partial charge in [-0.2, -0.15) is 0 Å². The number of rotatable bonds is 2. The van der Waals surface area contributed by atoms with Crippen molar-refractivity contribution in [2.45, 2.75) is 31.5 Å². The van der Waals surface area contributed by atoms with Crippen LogP contribution in [0.15, 0.2) is 15.9 Å². The van der Waals surface area contributed by atoms with Gasteiger partial charge >= 0.3 is 0 Å². The zero-order chi connectivity index (χ0) is 10.4. The summed E-state index contributed by atoms with van der Waals surface area (Å²) in [5.74, 6) is 0.378. The van der Waals surface area contributed by atoms with Crippen LogP contribution in [0.25, 0.3) is 0 Å². The SMILES string of the molecule is O=C(c1sccc1Br)C1CC2CCC1O2. The van der Waals surface area contributed by atoms with Crippen LogP contribution >= 0.6 is 27.3 Å². The lowest BCUT2D eigenvalue weighted by atomic mass is 9.86. The monoisotopic (exact) mass is 286 g/mol. The zero-order valence-electron chi connectivity index (χ0n) is 8.11. The second kappa shape index (κ2) is 3.68. The number of carbonyl (C=O) groups is 1. The van der Waals surface area contributed by atoms with Crippen molar-refractivity contribution >= 4 is 33.0 Å². The van der Waals surface area contributed by atoms with E-state index in [9.17, 15) is 4.79 Å². The lowest BCUT2D eigenvalue weighted by Gasteiger charge is -2.16. The van der Waals surface area contributed by atoms with E-state index in [0.717, 1.165) is 28.6 Å². The number of hydrogen-bond donors (Lipinski definition) is 0. The van der Waals surface area contributed by atoms with Crippen molar-refractivity contribution in [2.24, 2.45) is 5.92 Å². The quantitative estimate of drug-likeness (QED) is 0.780. The standard InChI is InChI=1S/C11H11BrO2S/c12-8-3-4-15-11(8)10(13)7-5-6-1-2-9(7)14-6/h3-4,6-7,9H,1-2,5H2. The molecule has 0 N–H and O–H groups in total. The highest BCUT2D eigenvalue weighted by molar-refractivity contribution is 9.10. The zero-order valence-corrected chi connectivity index (χ0v) is 10.5. The van der Waals surface area contributed by atoms with Crippen molar-refractivity contribution < 1.29 is 9.53 Å². The number of Topliss-reactive ketones (excluding diaryl/α,β-unsaturated/α-hetero) is 1. The van der Waals surface area contributed by atoms with Crippen LogP contribution in [-0.2, 0) is 4.74 Å². The van der Waals surface area contributed by atoms with Crippen LogP contribution in [0, 0.1) is 5.92 Å². The Balaban J connectivity index is 1.84. The summed E-state index contributed by atoms with van der Waals surface area (Å²) in [5.41, 5.74) is 0. The molecule has 0 amide bonds. The molecular weight excluding hydrogens is 276 g/mol. The van der Waals surface area contributed by atoms with Gasteiger partial charge in [0.2, 0.25) is 0 Å². The van der Waals surface area contributed by atoms with E-state index >= 15 is 0 Å². The number of fused-ring (bicyclic) bond motifs is 2. The minimum atomic E-state index is 0.110. The molecule has 3 heterocycles. The van der Waals surface area contributed by atoms with Gasteiger partial charge in [-0.1, -0.05) is 0 Å². The summed E-state index contributed by atoms with van der Waals surface area (Å²) in [6.07, 6.45) is 3.66. The van der Waals surface area contributed by atoms with Gasteiger partial charge in [0.1, 0.15) is 0 Å². The van der Waals surface area contributed by atoms with Gasteiger partial charge in [-0.05, 0) is 46.6 Å². The van der Waals surface area contributed by atoms with Crippen LogP contribution in [0.1, 0.15) is 28.9 Å². The van der Waals surface area contributed by atoms with Crippen LogP contribution in [0.4, 0.5) is 0 Å². The molecule has 2 aliphatic rings. The van der Waals surface area contributed by atoms with E-state index in [1.807, 2.05) is 11.4 Å². The molecule has 2 bridgehead atoms. The Morgan fingerprint density at radius 2 is 2.40 bits per heavy atom. The first-order valence-corrected chi connectivity index (χ1v) is 6.85. The molecular formula is C11H11BrO2S. The van der Waals surface area contributed by atoms with Gasteiger partial charge in [0.05, 0.1) is 23.0 Å². The first kappa shape index (κ1) is 10.00. The molecule has 3 unspecified atom stereocenters. The molecule has 0 radical (unpaired) electrons. The van der Waals surface area contributed by atoms with E-state index in [4.69, 9.17) is 4.74 Å². The minimum absolute atomic E-state index is 0.110. The van der Waals surface area contributed by atoms with E-state index in [1.54, 1.807) is 0 Å². The molecule has 0 aliphatic carbocycles. The Labute approximate surface area is 101 Å². The van der Waals surface area contributed by atoms with Crippen molar-refractivity contribution in [1.29, 1.82) is 0 Å².